The van der Waals surface area contributed by atoms with Gasteiger partial charge in [-0.2, -0.15) is 13.2 Å². The SMILES string of the molecule is CCNc1cc(C(F)(F)F)ccc1Cl. The standard InChI is InChI=1S/C9H9ClF3N/c1-2-14-8-5-6(9(11,12)13)3-4-7(8)10/h3-5,14H,2H2,1H3. The molecule has 0 saturated heterocycles. The summed E-state index contributed by atoms with van der Waals surface area (Å²) in [7, 11) is 0. The van der Waals surface area contributed by atoms with Gasteiger partial charge in [0.2, 0.25) is 0 Å². The van der Waals surface area contributed by atoms with Crippen molar-refractivity contribution in [1.82, 2.24) is 0 Å². The van der Waals surface area contributed by atoms with Gasteiger partial charge in [-0.3, -0.25) is 0 Å². The van der Waals surface area contributed by atoms with Crippen molar-refractivity contribution in [3.63, 3.8) is 0 Å². The Hall–Kier alpha value is -0.900. The third kappa shape index (κ3) is 2.54. The molecule has 1 N–H and O–H groups in total. The zero-order chi connectivity index (χ0) is 10.8. The van der Waals surface area contributed by atoms with Crippen molar-refractivity contribution in [1.29, 1.82) is 0 Å². The van der Waals surface area contributed by atoms with E-state index in [1.165, 1.54) is 6.07 Å². The molecule has 0 aliphatic heterocycles. The summed E-state index contributed by atoms with van der Waals surface area (Å²) in [4.78, 5) is 0. The van der Waals surface area contributed by atoms with Crippen LogP contribution in [0, 0.1) is 0 Å². The Balaban J connectivity index is 3.06. The minimum absolute atomic E-state index is 0.292. The quantitative estimate of drug-likeness (QED) is 0.804. The largest absolute Gasteiger partial charge is 0.416 e. The molecule has 0 aliphatic rings. The maximum absolute atomic E-state index is 12.3. The molecule has 0 unspecified atom stereocenters. The molecule has 0 saturated carbocycles. The number of nitrogens with one attached hydrogen (secondary N) is 1. The fourth-order valence-electron chi connectivity index (χ4n) is 1.03. The maximum atomic E-state index is 12.3. The van der Waals surface area contributed by atoms with Gasteiger partial charge in [0.25, 0.3) is 0 Å². The number of halogens is 4. The van der Waals surface area contributed by atoms with E-state index in [1.807, 2.05) is 0 Å². The Morgan fingerprint density at radius 3 is 2.50 bits per heavy atom. The molecule has 1 nitrogen and oxygen atoms in total. The van der Waals surface area contributed by atoms with Gasteiger partial charge in [0, 0.05) is 6.54 Å². The number of alkyl halides is 3. The Labute approximate surface area is 84.9 Å². The van der Waals surface area contributed by atoms with Crippen LogP contribution in [0.5, 0.6) is 0 Å². The number of benzene rings is 1. The van der Waals surface area contributed by atoms with Gasteiger partial charge >= 0.3 is 6.18 Å². The van der Waals surface area contributed by atoms with Crippen molar-refractivity contribution >= 4 is 17.3 Å². The molecular formula is C9H9ClF3N. The van der Waals surface area contributed by atoms with Crippen LogP contribution in [0.1, 0.15) is 12.5 Å². The molecule has 14 heavy (non-hydrogen) atoms. The van der Waals surface area contributed by atoms with Crippen LogP contribution in [-0.2, 0) is 6.18 Å². The zero-order valence-corrected chi connectivity index (χ0v) is 8.21. The van der Waals surface area contributed by atoms with Gasteiger partial charge in [-0.1, -0.05) is 11.6 Å². The van der Waals surface area contributed by atoms with E-state index in [-0.39, 0.29) is 0 Å². The van der Waals surface area contributed by atoms with Crippen molar-refractivity contribution in [2.75, 3.05) is 11.9 Å². The molecule has 1 aromatic rings. The highest BCUT2D eigenvalue weighted by Gasteiger charge is 2.30. The van der Waals surface area contributed by atoms with E-state index in [1.54, 1.807) is 6.92 Å². The van der Waals surface area contributed by atoms with Gasteiger partial charge in [0.05, 0.1) is 16.3 Å². The summed E-state index contributed by atoms with van der Waals surface area (Å²) in [6.07, 6.45) is -4.32. The van der Waals surface area contributed by atoms with E-state index in [9.17, 15) is 13.2 Å². The van der Waals surface area contributed by atoms with Crippen molar-refractivity contribution in [3.05, 3.63) is 28.8 Å². The molecule has 0 bridgehead atoms. The number of hydrogen-bond acceptors (Lipinski definition) is 1. The van der Waals surface area contributed by atoms with E-state index < -0.39 is 11.7 Å². The maximum Gasteiger partial charge on any atom is 0.416 e. The summed E-state index contributed by atoms with van der Waals surface area (Å²) in [5, 5.41) is 3.05. The first kappa shape index (κ1) is 11.2. The molecule has 0 radical (unpaired) electrons. The van der Waals surface area contributed by atoms with Crippen LogP contribution in [-0.4, -0.2) is 6.54 Å². The highest BCUT2D eigenvalue weighted by Crippen LogP contribution is 2.33. The van der Waals surface area contributed by atoms with E-state index in [0.29, 0.717) is 17.3 Å². The Morgan fingerprint density at radius 2 is 2.00 bits per heavy atom. The van der Waals surface area contributed by atoms with Crippen LogP contribution in [0.25, 0.3) is 0 Å². The first-order valence-corrected chi connectivity index (χ1v) is 4.43. The van der Waals surface area contributed by atoms with Crippen LogP contribution < -0.4 is 5.32 Å². The average Bonchev–Trinajstić information content (AvgIpc) is 2.07. The normalized spacial score (nSPS) is 11.5. The van der Waals surface area contributed by atoms with E-state index in [0.717, 1.165) is 12.1 Å². The molecule has 0 fully saturated rings. The lowest BCUT2D eigenvalue weighted by Gasteiger charge is -2.10. The molecule has 0 aromatic heterocycles. The van der Waals surface area contributed by atoms with Crippen molar-refractivity contribution in [2.45, 2.75) is 13.1 Å². The third-order valence-electron chi connectivity index (χ3n) is 1.66. The predicted octanol–water partition coefficient (Wildman–Crippen LogP) is 3.79. The molecule has 0 atom stereocenters. The molecule has 0 aliphatic carbocycles. The fourth-order valence-corrected chi connectivity index (χ4v) is 1.21. The Kier molecular flexibility index (Phi) is 3.26. The number of anilines is 1. The van der Waals surface area contributed by atoms with Gasteiger partial charge in [-0.25, -0.2) is 0 Å². The topological polar surface area (TPSA) is 12.0 Å². The molecule has 5 heteroatoms. The van der Waals surface area contributed by atoms with Crippen LogP contribution >= 0.6 is 11.6 Å². The summed E-state index contributed by atoms with van der Waals surface area (Å²) in [6.45, 7) is 2.32. The van der Waals surface area contributed by atoms with Gasteiger partial charge in [-0.15, -0.1) is 0 Å². The van der Waals surface area contributed by atoms with Crippen LogP contribution in [0.15, 0.2) is 18.2 Å². The van der Waals surface area contributed by atoms with Crippen molar-refractivity contribution in [3.8, 4) is 0 Å². The average molecular weight is 224 g/mol. The molecule has 78 valence electrons. The van der Waals surface area contributed by atoms with Gasteiger partial charge in [0.1, 0.15) is 0 Å². The first-order valence-electron chi connectivity index (χ1n) is 4.05. The summed E-state index contributed by atoms with van der Waals surface area (Å²) >= 11 is 5.70. The molecule has 0 spiro atoms. The van der Waals surface area contributed by atoms with Gasteiger partial charge in [0.15, 0.2) is 0 Å². The van der Waals surface area contributed by atoms with Crippen molar-refractivity contribution < 1.29 is 13.2 Å². The Bertz CT molecular complexity index is 322. The second-order valence-electron chi connectivity index (χ2n) is 2.72. The van der Waals surface area contributed by atoms with Crippen LogP contribution in [0.2, 0.25) is 5.02 Å². The monoisotopic (exact) mass is 223 g/mol. The lowest BCUT2D eigenvalue weighted by Crippen LogP contribution is -2.06. The second kappa shape index (κ2) is 4.09. The van der Waals surface area contributed by atoms with Gasteiger partial charge in [-0.05, 0) is 25.1 Å². The van der Waals surface area contributed by atoms with E-state index >= 15 is 0 Å². The molecule has 1 rings (SSSR count). The number of rotatable bonds is 2. The summed E-state index contributed by atoms with van der Waals surface area (Å²) < 4.78 is 36.8. The number of hydrogen-bond donors (Lipinski definition) is 1. The summed E-state index contributed by atoms with van der Waals surface area (Å²) in [5.41, 5.74) is -0.387. The molecule has 0 heterocycles. The summed E-state index contributed by atoms with van der Waals surface area (Å²) in [6, 6.07) is 3.21. The fraction of sp³-hybridized carbons (Fsp3) is 0.333. The van der Waals surface area contributed by atoms with Gasteiger partial charge < -0.3 is 5.32 Å². The molecule has 1 aromatic carbocycles. The molecule has 0 amide bonds. The minimum atomic E-state index is -4.32. The van der Waals surface area contributed by atoms with E-state index in [2.05, 4.69) is 5.32 Å². The smallest absolute Gasteiger partial charge is 0.384 e. The first-order chi connectivity index (χ1) is 6.45. The molecular weight excluding hydrogens is 215 g/mol. The zero-order valence-electron chi connectivity index (χ0n) is 7.45. The lowest BCUT2D eigenvalue weighted by atomic mass is 10.2. The van der Waals surface area contributed by atoms with Crippen LogP contribution in [0.4, 0.5) is 18.9 Å². The van der Waals surface area contributed by atoms with E-state index in [4.69, 9.17) is 11.6 Å². The predicted molar refractivity (Wildman–Crippen MR) is 50.6 cm³/mol. The van der Waals surface area contributed by atoms with Crippen molar-refractivity contribution in [2.24, 2.45) is 0 Å². The second-order valence-corrected chi connectivity index (χ2v) is 3.13. The highest BCUT2D eigenvalue weighted by atomic mass is 35.5. The lowest BCUT2D eigenvalue weighted by molar-refractivity contribution is -0.137. The van der Waals surface area contributed by atoms with Crippen LogP contribution in [0.3, 0.4) is 0 Å². The summed E-state index contributed by atoms with van der Waals surface area (Å²) in [5.74, 6) is 0. The highest BCUT2D eigenvalue weighted by molar-refractivity contribution is 6.33. The Morgan fingerprint density at radius 1 is 1.36 bits per heavy atom. The minimum Gasteiger partial charge on any atom is -0.384 e. The third-order valence-corrected chi connectivity index (χ3v) is 1.99.